The number of allylic oxidation sites excluding steroid dienone is 1. The summed E-state index contributed by atoms with van der Waals surface area (Å²) in [6.07, 6.45) is 4.76. The van der Waals surface area contributed by atoms with Gasteiger partial charge in [-0.25, -0.2) is 19.6 Å². The van der Waals surface area contributed by atoms with E-state index >= 15 is 0 Å². The van der Waals surface area contributed by atoms with Gasteiger partial charge >= 0.3 is 18.2 Å². The predicted octanol–water partition coefficient (Wildman–Crippen LogP) is 8.96. The van der Waals surface area contributed by atoms with Crippen LogP contribution in [0.15, 0.2) is 103 Å². The van der Waals surface area contributed by atoms with Crippen LogP contribution in [0.4, 0.5) is 29.6 Å². The minimum atomic E-state index is -4.63. The van der Waals surface area contributed by atoms with Gasteiger partial charge in [0, 0.05) is 60.2 Å². The first-order valence-electron chi connectivity index (χ1n) is 21.3. The van der Waals surface area contributed by atoms with Crippen molar-refractivity contribution in [2.75, 3.05) is 37.9 Å². The number of amides is 2. The van der Waals surface area contributed by atoms with Crippen molar-refractivity contribution in [2.45, 2.75) is 63.5 Å². The number of methoxy groups -OCH3 is 2. The largest absolute Gasteiger partial charge is 0.497 e. The molecule has 7 rings (SSSR count). The van der Waals surface area contributed by atoms with Crippen LogP contribution < -0.4 is 25.8 Å². The summed E-state index contributed by atoms with van der Waals surface area (Å²) in [5.74, 6) is -0.555. The number of fused-ring (bicyclic) bond motifs is 1. The monoisotopic (exact) mass is 906 g/mol. The molecule has 0 aliphatic carbocycles. The highest BCUT2D eigenvalue weighted by Gasteiger charge is 2.43. The summed E-state index contributed by atoms with van der Waals surface area (Å²) in [5, 5.41) is 22.0. The number of carboxylic acids is 1. The highest BCUT2D eigenvalue weighted by molar-refractivity contribution is 6.06. The van der Waals surface area contributed by atoms with Crippen molar-refractivity contribution in [1.82, 2.24) is 24.6 Å². The number of likely N-dealkylation sites (tertiary alicyclic amines) is 1. The molecular formula is C48H49F3N8O7. The van der Waals surface area contributed by atoms with Crippen molar-refractivity contribution in [2.24, 2.45) is 5.73 Å². The molecule has 1 unspecified atom stereocenters. The molecule has 66 heavy (non-hydrogen) atoms. The smallest absolute Gasteiger partial charge is 0.416 e. The number of aliphatic carboxylic acids is 1. The zero-order chi connectivity index (χ0) is 46.8. The van der Waals surface area contributed by atoms with Gasteiger partial charge in [0.15, 0.2) is 0 Å². The van der Waals surface area contributed by atoms with Crippen LogP contribution in [0.5, 0.6) is 11.5 Å². The summed E-state index contributed by atoms with van der Waals surface area (Å²) in [6, 6.07) is 20.5. The zero-order valence-electron chi connectivity index (χ0n) is 36.3. The van der Waals surface area contributed by atoms with Gasteiger partial charge in [-0.05, 0) is 67.8 Å². The molecule has 5 N–H and O–H groups in total. The molecule has 15 nitrogen and oxygen atoms in total. The van der Waals surface area contributed by atoms with Crippen LogP contribution in [-0.4, -0.2) is 81.1 Å². The number of anilines is 2. The third-order valence-electron chi connectivity index (χ3n) is 11.2. The predicted molar refractivity (Wildman–Crippen MR) is 242 cm³/mol. The molecule has 1 saturated heterocycles. The highest BCUT2D eigenvalue weighted by atomic mass is 19.4. The molecular weight excluding hydrogens is 858 g/mol. The van der Waals surface area contributed by atoms with Gasteiger partial charge in [0.1, 0.15) is 41.5 Å². The molecule has 2 amide bonds. The number of hydrogen-bond acceptors (Lipinski definition) is 11. The molecule has 6 aromatic rings. The Bertz CT molecular complexity index is 2690. The quantitative estimate of drug-likeness (QED) is 0.0599. The van der Waals surface area contributed by atoms with Crippen LogP contribution >= 0.6 is 0 Å². The summed E-state index contributed by atoms with van der Waals surface area (Å²) < 4.78 is 58.6. The lowest BCUT2D eigenvalue weighted by atomic mass is 10.0. The summed E-state index contributed by atoms with van der Waals surface area (Å²) in [5.41, 5.74) is 8.66. The van der Waals surface area contributed by atoms with Crippen LogP contribution in [0.3, 0.4) is 0 Å². The Morgan fingerprint density at radius 1 is 0.955 bits per heavy atom. The molecule has 1 aliphatic heterocycles. The normalized spacial score (nSPS) is 15.0. The van der Waals surface area contributed by atoms with E-state index in [0.29, 0.717) is 51.6 Å². The fourth-order valence-corrected chi connectivity index (χ4v) is 7.76. The van der Waals surface area contributed by atoms with Crippen molar-refractivity contribution >= 4 is 46.6 Å². The van der Waals surface area contributed by atoms with Gasteiger partial charge in [-0.1, -0.05) is 61.0 Å². The molecule has 18 heteroatoms. The van der Waals surface area contributed by atoms with E-state index in [0.717, 1.165) is 55.1 Å². The molecule has 0 spiro atoms. The molecule has 3 aromatic heterocycles. The number of pyridine rings is 2. The number of ether oxygens (including phenoxy) is 3. The van der Waals surface area contributed by atoms with Crippen LogP contribution in [0, 0.1) is 0 Å². The molecule has 1 fully saturated rings. The average molecular weight is 907 g/mol. The first-order valence-corrected chi connectivity index (χ1v) is 21.3. The van der Waals surface area contributed by atoms with Gasteiger partial charge in [-0.15, -0.1) is 0 Å². The second-order valence-corrected chi connectivity index (χ2v) is 15.5. The molecule has 0 radical (unpaired) electrons. The number of carbonyl (C=O) groups excluding carboxylic acids is 2. The number of hydrogen-bond donors (Lipinski definition) is 4. The first kappa shape index (κ1) is 46.5. The van der Waals surface area contributed by atoms with Gasteiger partial charge in [-0.3, -0.25) is 14.4 Å². The van der Waals surface area contributed by atoms with E-state index in [1.165, 1.54) is 17.0 Å². The van der Waals surface area contributed by atoms with Gasteiger partial charge in [-0.2, -0.15) is 18.3 Å². The molecule has 344 valence electrons. The minimum Gasteiger partial charge on any atom is -0.497 e. The third kappa shape index (κ3) is 10.9. The fourth-order valence-electron chi connectivity index (χ4n) is 7.76. The Labute approximate surface area is 378 Å². The average Bonchev–Trinajstić information content (AvgIpc) is 3.96. The molecule has 4 heterocycles. The number of rotatable bonds is 18. The number of unbranched alkanes of at least 4 members (excludes halogenated alkanes) is 3. The maximum absolute atomic E-state index is 13.6. The summed E-state index contributed by atoms with van der Waals surface area (Å²) in [4.78, 5) is 49.7. The van der Waals surface area contributed by atoms with Gasteiger partial charge in [0.2, 0.25) is 0 Å². The molecule has 2 atom stereocenters. The van der Waals surface area contributed by atoms with Crippen molar-refractivity contribution in [3.63, 3.8) is 0 Å². The zero-order valence-corrected chi connectivity index (χ0v) is 36.3. The van der Waals surface area contributed by atoms with E-state index in [9.17, 15) is 32.7 Å². The number of alkyl halides is 3. The van der Waals surface area contributed by atoms with Gasteiger partial charge in [0.25, 0.3) is 5.91 Å². The van der Waals surface area contributed by atoms with E-state index in [1.54, 1.807) is 55.4 Å². The first-order chi connectivity index (χ1) is 31.9. The van der Waals surface area contributed by atoms with Gasteiger partial charge < -0.3 is 35.7 Å². The Balaban J connectivity index is 1.31. The number of carbonyl (C=O) groups is 3. The van der Waals surface area contributed by atoms with Crippen LogP contribution in [0.1, 0.15) is 70.8 Å². The Hall–Kier alpha value is -7.47. The lowest BCUT2D eigenvalue weighted by molar-refractivity contribution is -0.141. The third-order valence-corrected chi connectivity index (χ3v) is 11.2. The fraction of sp³-hybridized carbons (Fsp3) is 0.292. The SMILES string of the molecule is COc1ccc(CNc2ncc(/C=C/CCCCCN)c3c2c(-c2ccc(C(=O)Nc4cc(C(F)(F)F)ccn4)cc2)nn3[C@H]2CC(C(=O)O)N(C(=O)OCc3ccccc3)C2)c(OC)c1. The van der Waals surface area contributed by atoms with E-state index in [4.69, 9.17) is 30.0 Å². The minimum absolute atomic E-state index is 0.00501. The van der Waals surface area contributed by atoms with Gasteiger partial charge in [0.05, 0.1) is 36.7 Å². The van der Waals surface area contributed by atoms with Crippen molar-refractivity contribution in [3.05, 3.63) is 131 Å². The van der Waals surface area contributed by atoms with Crippen LogP contribution in [0.25, 0.3) is 28.2 Å². The van der Waals surface area contributed by atoms with E-state index in [2.05, 4.69) is 15.6 Å². The Morgan fingerprint density at radius 2 is 1.74 bits per heavy atom. The molecule has 3 aromatic carbocycles. The standard InChI is InChI=1S/C48H49F3N8O7/c1-64-37-19-18-33(39(25-37)65-2)26-54-44-41-42(31-14-16-32(17-15-31)45(60)56-40-23-35(20-22-53-40)48(49,50)51)57-59(43(41)34(27-55-44)13-9-4-3-5-10-21-52)36-24-38(46(61)62)58(28-36)47(63)66-29-30-11-7-6-8-12-30/h6-9,11-20,22-23,25,27,36,38H,3-5,10,21,24,26,28-29,52H2,1-2H3,(H,54,55)(H,61,62)(H,53,56,60)/b13-9+/t36-,38?/m0/s1. The van der Waals surface area contributed by atoms with E-state index in [1.807, 2.05) is 42.5 Å². The summed E-state index contributed by atoms with van der Waals surface area (Å²) in [6.45, 7) is 0.762. The second-order valence-electron chi connectivity index (χ2n) is 15.5. The number of aromatic nitrogens is 4. The lowest BCUT2D eigenvalue weighted by Gasteiger charge is -2.20. The van der Waals surface area contributed by atoms with Crippen molar-refractivity contribution < 1.29 is 46.9 Å². The van der Waals surface area contributed by atoms with Crippen LogP contribution in [-0.2, 0) is 28.9 Å². The highest BCUT2D eigenvalue weighted by Crippen LogP contribution is 2.40. The van der Waals surface area contributed by atoms with Crippen molar-refractivity contribution in [3.8, 4) is 22.8 Å². The number of carboxylic acid groups (broad SMARTS) is 1. The topological polar surface area (TPSA) is 196 Å². The maximum atomic E-state index is 13.6. The molecule has 1 aliphatic rings. The number of nitrogens with zero attached hydrogens (tertiary/aromatic N) is 5. The molecule has 0 saturated carbocycles. The summed E-state index contributed by atoms with van der Waals surface area (Å²) >= 11 is 0. The maximum Gasteiger partial charge on any atom is 0.416 e. The Kier molecular flexibility index (Phi) is 14.8. The van der Waals surface area contributed by atoms with E-state index < -0.39 is 41.8 Å². The lowest BCUT2D eigenvalue weighted by Crippen LogP contribution is -2.40. The number of nitrogens with one attached hydrogen (secondary N) is 2. The Morgan fingerprint density at radius 3 is 2.45 bits per heavy atom. The number of nitrogens with two attached hydrogens (primary N) is 1. The summed E-state index contributed by atoms with van der Waals surface area (Å²) in [7, 11) is 3.12. The second kappa shape index (κ2) is 21.0. The number of benzene rings is 3. The number of halogens is 3. The van der Waals surface area contributed by atoms with Crippen LogP contribution in [0.2, 0.25) is 0 Å². The van der Waals surface area contributed by atoms with Crippen molar-refractivity contribution in [1.29, 1.82) is 0 Å². The molecule has 0 bridgehead atoms. The van der Waals surface area contributed by atoms with E-state index in [-0.39, 0.29) is 37.5 Å².